The molecule has 7 heteroatoms. The summed E-state index contributed by atoms with van der Waals surface area (Å²) in [5, 5.41) is 0.883. The molecule has 2 heterocycles. The maximum Gasteiger partial charge on any atom is 0.410 e. The maximum absolute atomic E-state index is 13.4. The first-order valence-corrected chi connectivity index (χ1v) is 9.06. The zero-order chi connectivity index (χ0) is 19.8. The van der Waals surface area contributed by atoms with Gasteiger partial charge in [0.25, 0.3) is 0 Å². The molecule has 3 rings (SSSR count). The van der Waals surface area contributed by atoms with Gasteiger partial charge in [0, 0.05) is 37.0 Å². The van der Waals surface area contributed by atoms with E-state index in [1.807, 2.05) is 20.8 Å². The van der Waals surface area contributed by atoms with Crippen LogP contribution in [0.15, 0.2) is 24.4 Å². The molecule has 1 saturated heterocycles. The predicted octanol–water partition coefficient (Wildman–Crippen LogP) is 3.79. The van der Waals surface area contributed by atoms with Crippen molar-refractivity contribution in [1.82, 2.24) is 9.88 Å². The number of halogens is 1. The van der Waals surface area contributed by atoms with E-state index in [1.165, 1.54) is 19.1 Å². The molecule has 1 amide bonds. The first-order valence-electron chi connectivity index (χ1n) is 9.06. The molecule has 1 aromatic heterocycles. The van der Waals surface area contributed by atoms with Crippen LogP contribution in [0.4, 0.5) is 9.18 Å². The van der Waals surface area contributed by atoms with Crippen molar-refractivity contribution in [3.05, 3.63) is 35.8 Å². The molecule has 6 nitrogen and oxygen atoms in total. The van der Waals surface area contributed by atoms with Gasteiger partial charge in [0.15, 0.2) is 0 Å². The minimum Gasteiger partial charge on any atom is -0.460 e. The number of aromatic nitrogens is 1. The van der Waals surface area contributed by atoms with Crippen LogP contribution < -0.4 is 0 Å². The number of H-pyrrole nitrogens is 1. The number of hydrogen-bond donors (Lipinski definition) is 1. The number of nitrogens with zero attached hydrogens (tertiary/aromatic N) is 1. The predicted molar refractivity (Wildman–Crippen MR) is 98.9 cm³/mol. The van der Waals surface area contributed by atoms with Gasteiger partial charge in [0.1, 0.15) is 17.5 Å². The molecule has 0 radical (unpaired) electrons. The second-order valence-electron chi connectivity index (χ2n) is 7.89. The van der Waals surface area contributed by atoms with Gasteiger partial charge in [-0.1, -0.05) is 0 Å². The Bertz CT molecular complexity index is 855. The van der Waals surface area contributed by atoms with Crippen molar-refractivity contribution in [2.45, 2.75) is 58.3 Å². The molecule has 2 aromatic rings. The van der Waals surface area contributed by atoms with E-state index in [0.29, 0.717) is 24.9 Å². The fraction of sp³-hybridized carbons (Fsp3) is 0.500. The van der Waals surface area contributed by atoms with E-state index in [0.717, 1.165) is 10.9 Å². The van der Waals surface area contributed by atoms with Crippen molar-refractivity contribution in [2.24, 2.45) is 0 Å². The summed E-state index contributed by atoms with van der Waals surface area (Å²) >= 11 is 0. The molecule has 0 bridgehead atoms. The largest absolute Gasteiger partial charge is 0.460 e. The Morgan fingerprint density at radius 3 is 2.74 bits per heavy atom. The molecule has 0 unspecified atom stereocenters. The van der Waals surface area contributed by atoms with Crippen molar-refractivity contribution in [3.63, 3.8) is 0 Å². The van der Waals surface area contributed by atoms with Crippen molar-refractivity contribution in [1.29, 1.82) is 0 Å². The number of esters is 1. The molecule has 146 valence electrons. The molecule has 1 aliphatic heterocycles. The molecular weight excluding hydrogens is 351 g/mol. The Labute approximate surface area is 157 Å². The van der Waals surface area contributed by atoms with E-state index < -0.39 is 17.8 Å². The van der Waals surface area contributed by atoms with Gasteiger partial charge < -0.3 is 19.4 Å². The lowest BCUT2D eigenvalue weighted by atomic mass is 10.0. The minimum absolute atomic E-state index is 0.315. The van der Waals surface area contributed by atoms with E-state index in [1.54, 1.807) is 17.2 Å². The van der Waals surface area contributed by atoms with Crippen LogP contribution in [0.3, 0.4) is 0 Å². The normalized spacial score (nSPS) is 20.1. The van der Waals surface area contributed by atoms with Crippen molar-refractivity contribution in [2.75, 3.05) is 6.54 Å². The Balaban J connectivity index is 1.87. The van der Waals surface area contributed by atoms with Gasteiger partial charge in [-0.05, 0) is 51.0 Å². The van der Waals surface area contributed by atoms with Gasteiger partial charge in [0.05, 0.1) is 6.04 Å². The number of ether oxygens (including phenoxy) is 2. The third-order valence-electron chi connectivity index (χ3n) is 4.59. The SMILES string of the molecule is CC(=O)O[C@H]1CCN(C(=O)OC(C)(C)C)[C@@H]1Cc1c[nH]c2cc(F)ccc12. The van der Waals surface area contributed by atoms with Crippen molar-refractivity contribution >= 4 is 23.0 Å². The van der Waals surface area contributed by atoms with Gasteiger partial charge in [0.2, 0.25) is 0 Å². The highest BCUT2D eigenvalue weighted by molar-refractivity contribution is 5.83. The highest BCUT2D eigenvalue weighted by Gasteiger charge is 2.41. The second-order valence-corrected chi connectivity index (χ2v) is 7.89. The summed E-state index contributed by atoms with van der Waals surface area (Å²) in [6.45, 7) is 7.26. The average molecular weight is 376 g/mol. The standard InChI is InChI=1S/C20H25FN2O4/c1-12(24)26-18-7-8-23(19(25)27-20(2,3)4)17(18)9-13-11-22-16-10-14(21)5-6-15(13)16/h5-6,10-11,17-18,22H,7-9H2,1-4H3/t17-,18+/m1/s1. The van der Waals surface area contributed by atoms with Crippen LogP contribution in [0.2, 0.25) is 0 Å². The maximum atomic E-state index is 13.4. The van der Waals surface area contributed by atoms with E-state index in [-0.39, 0.29) is 17.8 Å². The number of hydrogen-bond acceptors (Lipinski definition) is 4. The number of fused-ring (bicyclic) bond motifs is 1. The summed E-state index contributed by atoms with van der Waals surface area (Å²) in [5.74, 6) is -0.693. The Hall–Kier alpha value is -2.57. The number of aromatic amines is 1. The van der Waals surface area contributed by atoms with Crippen LogP contribution in [0.25, 0.3) is 10.9 Å². The zero-order valence-corrected chi connectivity index (χ0v) is 16.0. The number of rotatable bonds is 3. The molecule has 27 heavy (non-hydrogen) atoms. The Morgan fingerprint density at radius 1 is 1.33 bits per heavy atom. The van der Waals surface area contributed by atoms with Gasteiger partial charge in [-0.3, -0.25) is 4.79 Å². The number of likely N-dealkylation sites (tertiary alicyclic amines) is 1. The zero-order valence-electron chi connectivity index (χ0n) is 16.0. The molecule has 0 spiro atoms. The van der Waals surface area contributed by atoms with E-state index >= 15 is 0 Å². The number of benzene rings is 1. The highest BCUT2D eigenvalue weighted by atomic mass is 19.1. The van der Waals surface area contributed by atoms with Crippen LogP contribution in [0, 0.1) is 5.82 Å². The van der Waals surface area contributed by atoms with E-state index in [9.17, 15) is 14.0 Å². The van der Waals surface area contributed by atoms with Crippen LogP contribution in [-0.4, -0.2) is 46.2 Å². The fourth-order valence-corrected chi connectivity index (χ4v) is 3.52. The number of amides is 1. The van der Waals surface area contributed by atoms with Gasteiger partial charge >= 0.3 is 12.1 Å². The topological polar surface area (TPSA) is 71.6 Å². The number of carbonyl (C=O) groups is 2. The van der Waals surface area contributed by atoms with Crippen molar-refractivity contribution in [3.8, 4) is 0 Å². The summed E-state index contributed by atoms with van der Waals surface area (Å²) in [4.78, 5) is 28.8. The van der Waals surface area contributed by atoms with Crippen LogP contribution in [0.1, 0.15) is 39.7 Å². The fourth-order valence-electron chi connectivity index (χ4n) is 3.52. The smallest absolute Gasteiger partial charge is 0.410 e. The lowest BCUT2D eigenvalue weighted by Gasteiger charge is -2.30. The quantitative estimate of drug-likeness (QED) is 0.828. The van der Waals surface area contributed by atoms with E-state index in [2.05, 4.69) is 4.98 Å². The highest BCUT2D eigenvalue weighted by Crippen LogP contribution is 2.29. The van der Waals surface area contributed by atoms with Crippen LogP contribution in [-0.2, 0) is 20.7 Å². The molecule has 1 aliphatic rings. The summed E-state index contributed by atoms with van der Waals surface area (Å²) in [6.07, 6.45) is 2.01. The minimum atomic E-state index is -0.612. The molecule has 1 N–H and O–H groups in total. The molecular formula is C20H25FN2O4. The number of nitrogens with one attached hydrogen (secondary N) is 1. The summed E-state index contributed by atoms with van der Waals surface area (Å²) in [6, 6.07) is 4.21. The lowest BCUT2D eigenvalue weighted by Crippen LogP contribution is -2.44. The third kappa shape index (κ3) is 4.40. The second kappa shape index (κ2) is 7.21. The van der Waals surface area contributed by atoms with Gasteiger partial charge in [-0.15, -0.1) is 0 Å². The molecule has 1 fully saturated rings. The summed E-state index contributed by atoms with van der Waals surface area (Å²) < 4.78 is 24.4. The summed E-state index contributed by atoms with van der Waals surface area (Å²) in [5.41, 5.74) is 1.01. The molecule has 0 saturated carbocycles. The number of carbonyl (C=O) groups excluding carboxylic acids is 2. The molecule has 0 aliphatic carbocycles. The first kappa shape index (κ1) is 19.2. The third-order valence-corrected chi connectivity index (χ3v) is 4.59. The molecule has 1 aromatic carbocycles. The van der Waals surface area contributed by atoms with Gasteiger partial charge in [-0.2, -0.15) is 0 Å². The average Bonchev–Trinajstić information content (AvgIpc) is 3.10. The van der Waals surface area contributed by atoms with Crippen molar-refractivity contribution < 1.29 is 23.5 Å². The summed E-state index contributed by atoms with van der Waals surface area (Å²) in [7, 11) is 0. The monoisotopic (exact) mass is 376 g/mol. The van der Waals surface area contributed by atoms with E-state index in [4.69, 9.17) is 9.47 Å². The lowest BCUT2D eigenvalue weighted by molar-refractivity contribution is -0.147. The Morgan fingerprint density at radius 2 is 2.07 bits per heavy atom. The van der Waals surface area contributed by atoms with Gasteiger partial charge in [-0.25, -0.2) is 9.18 Å². The molecule has 2 atom stereocenters. The first-order chi connectivity index (χ1) is 12.6. The van der Waals surface area contributed by atoms with Crippen LogP contribution >= 0.6 is 0 Å². The van der Waals surface area contributed by atoms with Crippen LogP contribution in [0.5, 0.6) is 0 Å². The Kier molecular flexibility index (Phi) is 5.13.